The number of piperazine rings is 2. The molecule has 9 rings (SSSR count). The zero-order chi connectivity index (χ0) is 38.1. The first-order valence-corrected chi connectivity index (χ1v) is 18.5. The van der Waals surface area contributed by atoms with E-state index in [1.165, 1.54) is 0 Å². The average Bonchev–Trinajstić information content (AvgIpc) is 3.64. The summed E-state index contributed by atoms with van der Waals surface area (Å²) in [6, 6.07) is 20.9. The van der Waals surface area contributed by atoms with E-state index in [0.29, 0.717) is 45.9 Å². The monoisotopic (exact) mass is 740 g/mol. The van der Waals surface area contributed by atoms with Crippen molar-refractivity contribution in [1.82, 2.24) is 38.8 Å². The SMILES string of the molecule is COc1ccc(-c2cc(=O)n3cc(N4CCN[C@@H](C)C4)ccc3n2)cc1OC.Cc1ccc2nc(-c3cc(=O)n4cc(N5CCNCC5)ccc4n3)cn2c1. The Morgan fingerprint density at radius 2 is 1.25 bits per heavy atom. The number of hydrogen-bond donors (Lipinski definition) is 2. The molecule has 282 valence electrons. The van der Waals surface area contributed by atoms with E-state index in [2.05, 4.69) is 42.3 Å². The van der Waals surface area contributed by atoms with E-state index >= 15 is 0 Å². The molecule has 0 amide bonds. The Kier molecular flexibility index (Phi) is 9.91. The van der Waals surface area contributed by atoms with Gasteiger partial charge in [-0.3, -0.25) is 18.4 Å². The molecular weight excluding hydrogens is 697 g/mol. The van der Waals surface area contributed by atoms with Crippen LogP contribution in [0.3, 0.4) is 0 Å². The maximum absolute atomic E-state index is 12.8. The van der Waals surface area contributed by atoms with Crippen LogP contribution in [0.5, 0.6) is 11.5 Å². The maximum atomic E-state index is 12.8. The molecule has 8 heterocycles. The Morgan fingerprint density at radius 3 is 1.95 bits per heavy atom. The standard InChI is InChI=1S/C21H24N4O3.C20H20N6O/c1-14-12-24(9-8-22-14)16-5-7-20-23-17(11-21(26)25(20)13-16)15-4-6-18(27-2)19(10-15)28-3;1-14-2-4-18-23-17(13-25(18)11-14)16-10-20(27)26-12-15(3-5-19(26)22-16)24-8-6-21-7-9-24/h4-7,10-11,13-14,22H,8-9,12H2,1-3H3;2-5,10-13,21H,6-9H2,1H3/t14-;/m0./s1. The van der Waals surface area contributed by atoms with Gasteiger partial charge in [-0.25, -0.2) is 15.0 Å². The predicted octanol–water partition coefficient (Wildman–Crippen LogP) is 3.90. The van der Waals surface area contributed by atoms with Gasteiger partial charge in [-0.1, -0.05) is 6.07 Å². The summed E-state index contributed by atoms with van der Waals surface area (Å²) in [4.78, 5) is 44.0. The van der Waals surface area contributed by atoms with Crippen LogP contribution in [-0.2, 0) is 0 Å². The summed E-state index contributed by atoms with van der Waals surface area (Å²) in [6.45, 7) is 10.8. The Balaban J connectivity index is 0.000000155. The summed E-state index contributed by atoms with van der Waals surface area (Å²) in [5.41, 5.74) is 7.81. The van der Waals surface area contributed by atoms with Gasteiger partial charge < -0.3 is 34.3 Å². The zero-order valence-electron chi connectivity index (χ0n) is 31.4. The molecule has 2 aliphatic heterocycles. The Hall–Kier alpha value is -6.25. The van der Waals surface area contributed by atoms with Gasteiger partial charge in [-0.2, -0.15) is 0 Å². The molecule has 2 N–H and O–H groups in total. The second-order valence-electron chi connectivity index (χ2n) is 13.9. The molecule has 6 aromatic heterocycles. The molecule has 0 spiro atoms. The fourth-order valence-corrected chi connectivity index (χ4v) is 7.15. The summed E-state index contributed by atoms with van der Waals surface area (Å²) >= 11 is 0. The number of methoxy groups -OCH3 is 2. The lowest BCUT2D eigenvalue weighted by Gasteiger charge is -2.33. The molecule has 14 nitrogen and oxygen atoms in total. The largest absolute Gasteiger partial charge is 0.493 e. The van der Waals surface area contributed by atoms with E-state index < -0.39 is 0 Å². The summed E-state index contributed by atoms with van der Waals surface area (Å²) in [5, 5.41) is 6.77. The highest BCUT2D eigenvalue weighted by Crippen LogP contribution is 2.31. The molecule has 55 heavy (non-hydrogen) atoms. The Labute approximate surface area is 317 Å². The number of imidazole rings is 1. The molecule has 2 aliphatic rings. The second kappa shape index (κ2) is 15.2. The number of aromatic nitrogens is 6. The fourth-order valence-electron chi connectivity index (χ4n) is 7.15. The van der Waals surface area contributed by atoms with Crippen molar-refractivity contribution in [3.8, 4) is 34.1 Å². The number of fused-ring (bicyclic) bond motifs is 3. The van der Waals surface area contributed by atoms with Gasteiger partial charge in [0, 0.05) is 94.3 Å². The zero-order valence-corrected chi connectivity index (χ0v) is 31.4. The summed E-state index contributed by atoms with van der Waals surface area (Å²) in [6.07, 6.45) is 7.68. The first-order chi connectivity index (χ1) is 26.8. The number of hydrogen-bond acceptors (Lipinski definition) is 11. The van der Waals surface area contributed by atoms with E-state index in [9.17, 15) is 9.59 Å². The first kappa shape index (κ1) is 35.8. The number of aryl methyl sites for hydroxylation is 1. The van der Waals surface area contributed by atoms with Gasteiger partial charge in [-0.15, -0.1) is 0 Å². The summed E-state index contributed by atoms with van der Waals surface area (Å²) in [5.74, 6) is 1.24. The van der Waals surface area contributed by atoms with E-state index in [0.717, 1.165) is 74.0 Å². The third kappa shape index (κ3) is 7.46. The van der Waals surface area contributed by atoms with Crippen molar-refractivity contribution in [2.75, 3.05) is 69.8 Å². The van der Waals surface area contributed by atoms with Crippen LogP contribution in [0.4, 0.5) is 11.4 Å². The lowest BCUT2D eigenvalue weighted by Crippen LogP contribution is -2.49. The minimum atomic E-state index is -0.111. The number of rotatable bonds is 6. The lowest BCUT2D eigenvalue weighted by molar-refractivity contribution is 0.355. The van der Waals surface area contributed by atoms with Crippen LogP contribution in [0.1, 0.15) is 12.5 Å². The van der Waals surface area contributed by atoms with Crippen LogP contribution >= 0.6 is 0 Å². The molecule has 2 fully saturated rings. The van der Waals surface area contributed by atoms with Gasteiger partial charge >= 0.3 is 0 Å². The van der Waals surface area contributed by atoms with Crippen molar-refractivity contribution in [3.05, 3.63) is 118 Å². The normalized spacial score (nSPS) is 16.0. The van der Waals surface area contributed by atoms with E-state index in [1.807, 2.05) is 90.7 Å². The molecule has 0 saturated carbocycles. The minimum absolute atomic E-state index is 0.0970. The minimum Gasteiger partial charge on any atom is -0.493 e. The number of pyridine rings is 3. The summed E-state index contributed by atoms with van der Waals surface area (Å²) in [7, 11) is 3.18. The van der Waals surface area contributed by atoms with E-state index in [-0.39, 0.29) is 11.1 Å². The maximum Gasteiger partial charge on any atom is 0.258 e. The first-order valence-electron chi connectivity index (χ1n) is 18.5. The molecule has 0 unspecified atom stereocenters. The van der Waals surface area contributed by atoms with Crippen LogP contribution in [0.15, 0.2) is 101 Å². The third-order valence-electron chi connectivity index (χ3n) is 10.0. The van der Waals surface area contributed by atoms with Crippen LogP contribution in [0.2, 0.25) is 0 Å². The average molecular weight is 741 g/mol. The van der Waals surface area contributed by atoms with Gasteiger partial charge in [0.2, 0.25) is 0 Å². The summed E-state index contributed by atoms with van der Waals surface area (Å²) < 4.78 is 15.8. The number of anilines is 2. The van der Waals surface area contributed by atoms with Gasteiger partial charge in [-0.05, 0) is 67.9 Å². The second-order valence-corrected chi connectivity index (χ2v) is 13.9. The quantitative estimate of drug-likeness (QED) is 0.257. The molecule has 2 saturated heterocycles. The molecule has 7 aromatic rings. The van der Waals surface area contributed by atoms with E-state index in [4.69, 9.17) is 9.47 Å². The van der Waals surface area contributed by atoms with Gasteiger partial charge in [0.05, 0.1) is 37.0 Å². The van der Waals surface area contributed by atoms with Crippen molar-refractivity contribution in [1.29, 1.82) is 0 Å². The molecular formula is C41H44N10O4. The van der Waals surface area contributed by atoms with Crippen LogP contribution in [0, 0.1) is 6.92 Å². The molecule has 1 aromatic carbocycles. The number of nitrogens with zero attached hydrogens (tertiary/aromatic N) is 8. The molecule has 0 aliphatic carbocycles. The molecule has 14 heteroatoms. The highest BCUT2D eigenvalue weighted by Gasteiger charge is 2.18. The number of benzene rings is 1. The van der Waals surface area contributed by atoms with Crippen molar-refractivity contribution in [3.63, 3.8) is 0 Å². The van der Waals surface area contributed by atoms with E-state index in [1.54, 1.807) is 35.2 Å². The smallest absolute Gasteiger partial charge is 0.258 e. The van der Waals surface area contributed by atoms with Gasteiger partial charge in [0.15, 0.2) is 11.5 Å². The Bertz CT molecular complexity index is 2630. The topological polar surface area (TPSA) is 135 Å². The number of nitrogens with one attached hydrogen (secondary N) is 2. The van der Waals surface area contributed by atoms with Crippen molar-refractivity contribution in [2.24, 2.45) is 0 Å². The molecule has 0 radical (unpaired) electrons. The molecule has 0 bridgehead atoms. The van der Waals surface area contributed by atoms with Crippen molar-refractivity contribution < 1.29 is 9.47 Å². The van der Waals surface area contributed by atoms with Crippen LogP contribution in [0.25, 0.3) is 39.6 Å². The predicted molar refractivity (Wildman–Crippen MR) is 215 cm³/mol. The van der Waals surface area contributed by atoms with Crippen molar-refractivity contribution in [2.45, 2.75) is 19.9 Å². The van der Waals surface area contributed by atoms with Crippen LogP contribution < -0.4 is 41.0 Å². The number of ether oxygens (including phenoxy) is 2. The highest BCUT2D eigenvalue weighted by molar-refractivity contribution is 5.66. The van der Waals surface area contributed by atoms with Crippen LogP contribution in [-0.4, -0.2) is 94.2 Å². The lowest BCUT2D eigenvalue weighted by atomic mass is 10.1. The van der Waals surface area contributed by atoms with Gasteiger partial charge in [0.1, 0.15) is 22.6 Å². The van der Waals surface area contributed by atoms with Gasteiger partial charge in [0.25, 0.3) is 11.1 Å². The molecule has 1 atom stereocenters. The fraction of sp³-hybridized carbons (Fsp3) is 0.293. The highest BCUT2D eigenvalue weighted by atomic mass is 16.5. The Morgan fingerprint density at radius 1 is 0.636 bits per heavy atom. The third-order valence-corrected chi connectivity index (χ3v) is 10.0. The van der Waals surface area contributed by atoms with Crippen molar-refractivity contribution >= 4 is 28.3 Å².